The number of rotatable bonds is 3. The summed E-state index contributed by atoms with van der Waals surface area (Å²) in [5.41, 5.74) is 0.973. The lowest BCUT2D eigenvalue weighted by Gasteiger charge is -2.12. The van der Waals surface area contributed by atoms with Crippen LogP contribution in [0, 0.1) is 0 Å². The Morgan fingerprint density at radius 3 is 3.09 bits per heavy atom. The van der Waals surface area contributed by atoms with Crippen LogP contribution >= 0.6 is 11.6 Å². The molecule has 1 aromatic heterocycles. The van der Waals surface area contributed by atoms with Gasteiger partial charge in [-0.05, 0) is 6.92 Å². The number of nitrogens with zero attached hydrogens (tertiary/aromatic N) is 2. The normalized spacial score (nSPS) is 13.4. The third kappa shape index (κ3) is 1.73. The first-order chi connectivity index (χ1) is 5.29. The fourth-order valence-corrected chi connectivity index (χ4v) is 1.08. The number of aromatic nitrogens is 2. The highest BCUT2D eigenvalue weighted by molar-refractivity contribution is 6.16. The van der Waals surface area contributed by atoms with Crippen LogP contribution in [-0.4, -0.2) is 16.7 Å². The minimum Gasteiger partial charge on any atom is -0.362 e. The molecule has 0 aliphatic rings. The van der Waals surface area contributed by atoms with Crippen molar-refractivity contribution in [1.82, 2.24) is 9.55 Å². The zero-order chi connectivity index (χ0) is 8.27. The second-order valence-corrected chi connectivity index (χ2v) is 2.53. The minimum absolute atomic E-state index is 0.00579. The molecule has 3 nitrogen and oxygen atoms in total. The van der Waals surface area contributed by atoms with E-state index < -0.39 is 0 Å². The highest BCUT2D eigenvalue weighted by Crippen LogP contribution is 2.11. The predicted octanol–water partition coefficient (Wildman–Crippen LogP) is 1.79. The molecule has 4 heteroatoms. The molecule has 0 aromatic carbocycles. The van der Waals surface area contributed by atoms with Crippen LogP contribution in [0.15, 0.2) is 12.5 Å². The van der Waals surface area contributed by atoms with Crippen molar-refractivity contribution in [2.24, 2.45) is 0 Å². The first-order valence-corrected chi connectivity index (χ1v) is 3.92. The van der Waals surface area contributed by atoms with Crippen molar-refractivity contribution in [3.8, 4) is 0 Å². The van der Waals surface area contributed by atoms with Crippen molar-refractivity contribution >= 4 is 11.6 Å². The molecule has 1 heterocycles. The van der Waals surface area contributed by atoms with Crippen LogP contribution in [0.4, 0.5) is 0 Å². The average molecular weight is 175 g/mol. The van der Waals surface area contributed by atoms with E-state index in [4.69, 9.17) is 16.3 Å². The van der Waals surface area contributed by atoms with E-state index in [1.54, 1.807) is 19.6 Å². The van der Waals surface area contributed by atoms with E-state index in [1.807, 2.05) is 11.5 Å². The largest absolute Gasteiger partial charge is 0.362 e. The molecule has 1 unspecified atom stereocenters. The SMILES string of the molecule is COC(C)n1cncc1CCl. The molecule has 0 aliphatic heterocycles. The predicted molar refractivity (Wildman–Crippen MR) is 43.5 cm³/mol. The van der Waals surface area contributed by atoms with E-state index in [0.29, 0.717) is 5.88 Å². The standard InChI is InChI=1S/C7H11ClN2O/c1-6(11-2)10-5-9-4-7(10)3-8/h4-6H,3H2,1-2H3. The van der Waals surface area contributed by atoms with E-state index in [0.717, 1.165) is 5.69 Å². The molecule has 0 saturated heterocycles. The van der Waals surface area contributed by atoms with Crippen molar-refractivity contribution in [3.05, 3.63) is 18.2 Å². The first kappa shape index (κ1) is 8.56. The van der Waals surface area contributed by atoms with Gasteiger partial charge in [0.2, 0.25) is 0 Å². The molecule has 1 atom stereocenters. The van der Waals surface area contributed by atoms with Gasteiger partial charge in [0.1, 0.15) is 6.23 Å². The lowest BCUT2D eigenvalue weighted by molar-refractivity contribution is 0.0587. The Morgan fingerprint density at radius 2 is 2.55 bits per heavy atom. The van der Waals surface area contributed by atoms with Crippen molar-refractivity contribution < 1.29 is 4.74 Å². The molecule has 11 heavy (non-hydrogen) atoms. The lowest BCUT2D eigenvalue weighted by Crippen LogP contribution is -2.08. The van der Waals surface area contributed by atoms with Gasteiger partial charge in [0.05, 0.1) is 17.9 Å². The van der Waals surface area contributed by atoms with Gasteiger partial charge in [0.25, 0.3) is 0 Å². The molecular formula is C7H11ClN2O. The summed E-state index contributed by atoms with van der Waals surface area (Å²) in [6.07, 6.45) is 3.46. The number of hydrogen-bond donors (Lipinski definition) is 0. The summed E-state index contributed by atoms with van der Waals surface area (Å²) in [6.45, 7) is 1.94. The summed E-state index contributed by atoms with van der Waals surface area (Å²) in [7, 11) is 1.66. The quantitative estimate of drug-likeness (QED) is 0.654. The van der Waals surface area contributed by atoms with Gasteiger partial charge in [-0.15, -0.1) is 11.6 Å². The summed E-state index contributed by atoms with van der Waals surface area (Å²) in [6, 6.07) is 0. The monoisotopic (exact) mass is 174 g/mol. The molecule has 0 saturated carbocycles. The van der Waals surface area contributed by atoms with E-state index >= 15 is 0 Å². The van der Waals surface area contributed by atoms with Gasteiger partial charge >= 0.3 is 0 Å². The number of methoxy groups -OCH3 is 1. The number of hydrogen-bond acceptors (Lipinski definition) is 2. The van der Waals surface area contributed by atoms with Gasteiger partial charge in [-0.2, -0.15) is 0 Å². The van der Waals surface area contributed by atoms with Crippen molar-refractivity contribution in [1.29, 1.82) is 0 Å². The summed E-state index contributed by atoms with van der Waals surface area (Å²) < 4.78 is 7.00. The van der Waals surface area contributed by atoms with Gasteiger partial charge in [-0.3, -0.25) is 0 Å². The van der Waals surface area contributed by atoms with E-state index in [2.05, 4.69) is 4.98 Å². The number of halogens is 1. The fraction of sp³-hybridized carbons (Fsp3) is 0.571. The van der Waals surface area contributed by atoms with E-state index in [9.17, 15) is 0 Å². The van der Waals surface area contributed by atoms with Gasteiger partial charge in [0, 0.05) is 13.3 Å². The maximum atomic E-state index is 5.66. The minimum atomic E-state index is 0.00579. The molecule has 0 fully saturated rings. The van der Waals surface area contributed by atoms with Crippen LogP contribution in [0.3, 0.4) is 0 Å². The molecular weight excluding hydrogens is 164 g/mol. The zero-order valence-electron chi connectivity index (χ0n) is 6.62. The summed E-state index contributed by atoms with van der Waals surface area (Å²) in [5.74, 6) is 0.466. The summed E-state index contributed by atoms with van der Waals surface area (Å²) in [4.78, 5) is 3.96. The smallest absolute Gasteiger partial charge is 0.131 e. The van der Waals surface area contributed by atoms with Crippen LogP contribution < -0.4 is 0 Å². The van der Waals surface area contributed by atoms with Crippen molar-refractivity contribution in [2.75, 3.05) is 7.11 Å². The third-order valence-electron chi connectivity index (χ3n) is 1.62. The zero-order valence-corrected chi connectivity index (χ0v) is 7.38. The van der Waals surface area contributed by atoms with Gasteiger partial charge < -0.3 is 9.30 Å². The Morgan fingerprint density at radius 1 is 1.82 bits per heavy atom. The second kappa shape index (κ2) is 3.74. The number of ether oxygens (including phenoxy) is 1. The van der Waals surface area contributed by atoms with Crippen LogP contribution in [0.1, 0.15) is 18.8 Å². The Hall–Kier alpha value is -0.540. The molecule has 1 rings (SSSR count). The Balaban J connectivity index is 2.83. The van der Waals surface area contributed by atoms with Gasteiger partial charge in [0.15, 0.2) is 0 Å². The van der Waals surface area contributed by atoms with Crippen LogP contribution in [0.5, 0.6) is 0 Å². The second-order valence-electron chi connectivity index (χ2n) is 2.26. The Labute approximate surface area is 70.9 Å². The maximum Gasteiger partial charge on any atom is 0.131 e. The summed E-state index contributed by atoms with van der Waals surface area (Å²) in [5, 5.41) is 0. The van der Waals surface area contributed by atoms with E-state index in [1.165, 1.54) is 0 Å². The Bertz CT molecular complexity index is 224. The average Bonchev–Trinajstić information content (AvgIpc) is 2.50. The van der Waals surface area contributed by atoms with Crippen LogP contribution in [0.25, 0.3) is 0 Å². The molecule has 0 spiro atoms. The molecule has 1 aromatic rings. The van der Waals surface area contributed by atoms with Crippen LogP contribution in [-0.2, 0) is 10.6 Å². The van der Waals surface area contributed by atoms with Gasteiger partial charge in [-0.25, -0.2) is 4.98 Å². The molecule has 0 amide bonds. The van der Waals surface area contributed by atoms with Crippen LogP contribution in [0.2, 0.25) is 0 Å². The molecule has 0 bridgehead atoms. The maximum absolute atomic E-state index is 5.66. The summed E-state index contributed by atoms with van der Waals surface area (Å²) >= 11 is 5.66. The van der Waals surface area contributed by atoms with Crippen molar-refractivity contribution in [3.63, 3.8) is 0 Å². The molecule has 0 radical (unpaired) electrons. The number of alkyl halides is 1. The lowest BCUT2D eigenvalue weighted by atomic mass is 10.5. The highest BCUT2D eigenvalue weighted by atomic mass is 35.5. The first-order valence-electron chi connectivity index (χ1n) is 3.39. The fourth-order valence-electron chi connectivity index (χ4n) is 0.876. The van der Waals surface area contributed by atoms with Crippen molar-refractivity contribution in [2.45, 2.75) is 19.0 Å². The van der Waals surface area contributed by atoms with E-state index in [-0.39, 0.29) is 6.23 Å². The molecule has 0 aliphatic carbocycles. The van der Waals surface area contributed by atoms with Gasteiger partial charge in [-0.1, -0.05) is 0 Å². The Kier molecular flexibility index (Phi) is 2.91. The third-order valence-corrected chi connectivity index (χ3v) is 1.89. The highest BCUT2D eigenvalue weighted by Gasteiger charge is 2.05. The molecule has 62 valence electrons. The topological polar surface area (TPSA) is 27.1 Å². The molecule has 0 N–H and O–H groups in total. The number of imidazole rings is 1.